The minimum Gasteiger partial charge on any atom is -0.444 e. The molecular formula is C20H24ClN7O3. The van der Waals surface area contributed by atoms with Crippen LogP contribution in [0.2, 0.25) is 5.28 Å². The van der Waals surface area contributed by atoms with E-state index < -0.39 is 11.2 Å². The molecule has 164 valence electrons. The van der Waals surface area contributed by atoms with Crippen molar-refractivity contribution >= 4 is 34.8 Å². The Bertz CT molecular complexity index is 1150. The number of amides is 1. The number of fused-ring (bicyclic) bond motifs is 1. The standard InChI is InChI=1S/C20H24ClN7O3/c1-6-7-8-27-14-15(23-17(21)28(13-22-5)16(14)29)24-18(27)25-9-11-26(12-10-25)19(30)31-20(2,3)4/h8-13H2,1-4H3. The van der Waals surface area contributed by atoms with E-state index in [9.17, 15) is 9.59 Å². The number of imidazole rings is 1. The molecule has 31 heavy (non-hydrogen) atoms. The summed E-state index contributed by atoms with van der Waals surface area (Å²) in [5.41, 5.74) is -0.536. The summed E-state index contributed by atoms with van der Waals surface area (Å²) in [6.45, 7) is 16.2. The number of carbonyl (C=O) groups excluding carboxylic acids is 1. The van der Waals surface area contributed by atoms with Crippen molar-refractivity contribution in [2.45, 2.75) is 46.5 Å². The van der Waals surface area contributed by atoms with Crippen LogP contribution in [0.25, 0.3) is 16.0 Å². The molecule has 2 aromatic heterocycles. The van der Waals surface area contributed by atoms with Crippen LogP contribution in [0.5, 0.6) is 0 Å². The maximum Gasteiger partial charge on any atom is 0.410 e. The third-order valence-corrected chi connectivity index (χ3v) is 4.93. The number of hydrogen-bond acceptors (Lipinski definition) is 6. The van der Waals surface area contributed by atoms with E-state index in [-0.39, 0.29) is 35.8 Å². The summed E-state index contributed by atoms with van der Waals surface area (Å²) in [4.78, 5) is 41.0. The monoisotopic (exact) mass is 445 g/mol. The van der Waals surface area contributed by atoms with E-state index in [1.165, 1.54) is 0 Å². The zero-order valence-corrected chi connectivity index (χ0v) is 18.7. The smallest absolute Gasteiger partial charge is 0.410 e. The molecule has 0 bridgehead atoms. The number of nitrogens with zero attached hydrogens (tertiary/aromatic N) is 7. The molecule has 1 amide bonds. The fourth-order valence-corrected chi connectivity index (χ4v) is 3.45. The van der Waals surface area contributed by atoms with Crippen LogP contribution in [-0.2, 0) is 18.0 Å². The predicted molar refractivity (Wildman–Crippen MR) is 117 cm³/mol. The van der Waals surface area contributed by atoms with Crippen LogP contribution in [0.4, 0.5) is 10.7 Å². The first-order chi connectivity index (χ1) is 14.7. The highest BCUT2D eigenvalue weighted by Gasteiger charge is 2.29. The summed E-state index contributed by atoms with van der Waals surface area (Å²) in [6, 6.07) is 0. The number of rotatable bonds is 3. The lowest BCUT2D eigenvalue weighted by Gasteiger charge is -2.36. The largest absolute Gasteiger partial charge is 0.444 e. The van der Waals surface area contributed by atoms with Crippen LogP contribution in [-0.4, -0.2) is 61.9 Å². The quantitative estimate of drug-likeness (QED) is 0.409. The van der Waals surface area contributed by atoms with Gasteiger partial charge in [0, 0.05) is 26.2 Å². The third-order valence-electron chi connectivity index (χ3n) is 4.64. The molecule has 0 aliphatic carbocycles. The van der Waals surface area contributed by atoms with Crippen molar-refractivity contribution in [3.8, 4) is 11.8 Å². The highest BCUT2D eigenvalue weighted by Crippen LogP contribution is 2.22. The van der Waals surface area contributed by atoms with Gasteiger partial charge in [0.15, 0.2) is 11.2 Å². The number of carbonyl (C=O) groups is 1. The van der Waals surface area contributed by atoms with Crippen LogP contribution < -0.4 is 10.5 Å². The Labute approximate surface area is 185 Å². The van der Waals surface area contributed by atoms with Crippen molar-refractivity contribution in [1.82, 2.24) is 24.0 Å². The maximum atomic E-state index is 13.0. The van der Waals surface area contributed by atoms with Gasteiger partial charge in [-0.1, -0.05) is 5.92 Å². The molecule has 0 unspecified atom stereocenters. The first-order valence-corrected chi connectivity index (χ1v) is 10.2. The second kappa shape index (κ2) is 8.86. The average Bonchev–Trinajstić information content (AvgIpc) is 3.06. The van der Waals surface area contributed by atoms with Crippen LogP contribution >= 0.6 is 11.6 Å². The minimum atomic E-state index is -0.558. The topological polar surface area (TPSA) is 89.8 Å². The number of halogens is 1. The maximum absolute atomic E-state index is 13.0. The lowest BCUT2D eigenvalue weighted by molar-refractivity contribution is 0.0240. The fraction of sp³-hybridized carbons (Fsp3) is 0.550. The highest BCUT2D eigenvalue weighted by molar-refractivity contribution is 6.28. The SMILES string of the molecule is [C-]#[N+]Cn1c(Cl)nc2nc(N3CCN(C(=O)OC(C)(C)C)CC3)n(CC#CC)c2c1=O. The average molecular weight is 446 g/mol. The molecule has 0 saturated carbocycles. The molecule has 0 aromatic carbocycles. The number of ether oxygens (including phenoxy) is 1. The molecule has 2 aromatic rings. The lowest BCUT2D eigenvalue weighted by Crippen LogP contribution is -2.50. The molecular weight excluding hydrogens is 422 g/mol. The molecule has 0 radical (unpaired) electrons. The van der Waals surface area contributed by atoms with Crippen molar-refractivity contribution in [2.75, 3.05) is 31.1 Å². The van der Waals surface area contributed by atoms with E-state index in [4.69, 9.17) is 22.9 Å². The Morgan fingerprint density at radius 1 is 1.23 bits per heavy atom. The summed E-state index contributed by atoms with van der Waals surface area (Å²) < 4.78 is 8.25. The Morgan fingerprint density at radius 2 is 1.90 bits per heavy atom. The third kappa shape index (κ3) is 4.75. The van der Waals surface area contributed by atoms with Gasteiger partial charge >= 0.3 is 6.09 Å². The minimum absolute atomic E-state index is 0.0824. The van der Waals surface area contributed by atoms with E-state index in [0.29, 0.717) is 32.1 Å². The second-order valence-electron chi connectivity index (χ2n) is 7.96. The van der Waals surface area contributed by atoms with Gasteiger partial charge < -0.3 is 14.5 Å². The van der Waals surface area contributed by atoms with Crippen molar-refractivity contribution in [3.05, 3.63) is 27.1 Å². The first-order valence-electron chi connectivity index (χ1n) is 9.78. The number of piperazine rings is 1. The van der Waals surface area contributed by atoms with E-state index in [1.54, 1.807) is 16.4 Å². The van der Waals surface area contributed by atoms with Gasteiger partial charge in [-0.05, 0) is 39.3 Å². The molecule has 1 aliphatic heterocycles. The molecule has 0 spiro atoms. The second-order valence-corrected chi connectivity index (χ2v) is 8.30. The Balaban J connectivity index is 1.94. The van der Waals surface area contributed by atoms with Crippen LogP contribution in [0.15, 0.2) is 4.79 Å². The zero-order valence-electron chi connectivity index (χ0n) is 18.0. The van der Waals surface area contributed by atoms with E-state index in [0.717, 1.165) is 4.57 Å². The van der Waals surface area contributed by atoms with Crippen molar-refractivity contribution < 1.29 is 9.53 Å². The molecule has 10 nitrogen and oxygen atoms in total. The number of aromatic nitrogens is 4. The molecule has 3 rings (SSSR count). The van der Waals surface area contributed by atoms with Gasteiger partial charge in [0.05, 0.1) is 6.54 Å². The molecule has 1 aliphatic rings. The van der Waals surface area contributed by atoms with Crippen molar-refractivity contribution in [2.24, 2.45) is 0 Å². The van der Waals surface area contributed by atoms with Gasteiger partial charge in [-0.3, -0.25) is 14.2 Å². The van der Waals surface area contributed by atoms with E-state index >= 15 is 0 Å². The summed E-state index contributed by atoms with van der Waals surface area (Å²) in [5.74, 6) is 6.32. The van der Waals surface area contributed by atoms with Gasteiger partial charge in [-0.15, -0.1) is 5.92 Å². The molecule has 0 N–H and O–H groups in total. The molecule has 1 fully saturated rings. The molecule has 11 heteroatoms. The Kier molecular flexibility index (Phi) is 6.42. The first kappa shape index (κ1) is 22.4. The molecule has 1 saturated heterocycles. The summed E-state index contributed by atoms with van der Waals surface area (Å²) in [6.07, 6.45) is -0.354. The van der Waals surface area contributed by atoms with E-state index in [1.807, 2.05) is 25.7 Å². The van der Waals surface area contributed by atoms with Crippen LogP contribution in [0, 0.1) is 18.4 Å². The normalized spacial score (nSPS) is 14.2. The lowest BCUT2D eigenvalue weighted by atomic mass is 10.2. The van der Waals surface area contributed by atoms with Gasteiger partial charge in [0.1, 0.15) is 5.60 Å². The predicted octanol–water partition coefficient (Wildman–Crippen LogP) is 2.20. The van der Waals surface area contributed by atoms with Gasteiger partial charge in [-0.25, -0.2) is 15.9 Å². The zero-order chi connectivity index (χ0) is 22.8. The van der Waals surface area contributed by atoms with Gasteiger partial charge in [0.25, 0.3) is 12.2 Å². The van der Waals surface area contributed by atoms with Crippen molar-refractivity contribution in [1.29, 1.82) is 0 Å². The summed E-state index contributed by atoms with van der Waals surface area (Å²) in [7, 11) is 0. The Hall–Kier alpha value is -3.24. The van der Waals surface area contributed by atoms with E-state index in [2.05, 4.69) is 26.7 Å². The van der Waals surface area contributed by atoms with Gasteiger partial charge in [-0.2, -0.15) is 9.97 Å². The van der Waals surface area contributed by atoms with Crippen LogP contribution in [0.3, 0.4) is 0 Å². The highest BCUT2D eigenvalue weighted by atomic mass is 35.5. The van der Waals surface area contributed by atoms with Crippen LogP contribution in [0.1, 0.15) is 27.7 Å². The molecule has 3 heterocycles. The fourth-order valence-electron chi connectivity index (χ4n) is 3.24. The molecule has 0 atom stereocenters. The number of hydrogen-bond donors (Lipinski definition) is 0. The van der Waals surface area contributed by atoms with Crippen molar-refractivity contribution in [3.63, 3.8) is 0 Å². The van der Waals surface area contributed by atoms with Gasteiger partial charge in [0.2, 0.25) is 11.2 Å². The summed E-state index contributed by atoms with van der Waals surface area (Å²) in [5, 5.41) is -0.0824. The Morgan fingerprint density at radius 3 is 2.48 bits per heavy atom. The number of anilines is 1. The summed E-state index contributed by atoms with van der Waals surface area (Å²) >= 11 is 6.11.